The van der Waals surface area contributed by atoms with E-state index in [-0.39, 0.29) is 0 Å². The molecule has 5 nitrogen and oxygen atoms in total. The third-order valence-corrected chi connectivity index (χ3v) is 2.31. The van der Waals surface area contributed by atoms with Crippen LogP contribution in [-0.2, 0) is 13.5 Å². The van der Waals surface area contributed by atoms with Gasteiger partial charge in [-0.15, -0.1) is 0 Å². The fraction of sp³-hybridized carbons (Fsp3) is 0.364. The maximum absolute atomic E-state index is 4.36. The highest BCUT2D eigenvalue weighted by Gasteiger charge is 2.06. The summed E-state index contributed by atoms with van der Waals surface area (Å²) in [4.78, 5) is 8.22. The van der Waals surface area contributed by atoms with E-state index in [1.54, 1.807) is 11.0 Å². The molecule has 0 aliphatic carbocycles. The van der Waals surface area contributed by atoms with Crippen LogP contribution in [0.25, 0.3) is 0 Å². The van der Waals surface area contributed by atoms with E-state index in [4.69, 9.17) is 0 Å². The molecule has 0 aliphatic rings. The molecular formula is C11H15N5. The van der Waals surface area contributed by atoms with E-state index in [0.717, 1.165) is 29.3 Å². The average Bonchev–Trinajstić information content (AvgIpc) is 2.59. The fourth-order valence-corrected chi connectivity index (χ4v) is 1.56. The first-order chi connectivity index (χ1) is 7.69. The molecule has 0 amide bonds. The SMILES string of the molecule is CCc1nn(C)cc1Nc1cc(C)ncn1. The zero-order valence-corrected chi connectivity index (χ0v) is 9.73. The Morgan fingerprint density at radius 2 is 2.19 bits per heavy atom. The molecule has 2 rings (SSSR count). The zero-order chi connectivity index (χ0) is 11.5. The second kappa shape index (κ2) is 4.30. The molecule has 0 atom stereocenters. The Bertz CT molecular complexity index is 489. The maximum atomic E-state index is 4.36. The van der Waals surface area contributed by atoms with Gasteiger partial charge in [0.1, 0.15) is 12.1 Å². The Morgan fingerprint density at radius 1 is 1.38 bits per heavy atom. The van der Waals surface area contributed by atoms with Gasteiger partial charge in [-0.05, 0) is 13.3 Å². The second-order valence-corrected chi connectivity index (χ2v) is 3.69. The second-order valence-electron chi connectivity index (χ2n) is 3.69. The molecule has 0 bridgehead atoms. The first-order valence-corrected chi connectivity index (χ1v) is 5.27. The summed E-state index contributed by atoms with van der Waals surface area (Å²) < 4.78 is 1.80. The van der Waals surface area contributed by atoms with Crippen molar-refractivity contribution in [1.29, 1.82) is 0 Å². The summed E-state index contributed by atoms with van der Waals surface area (Å²) >= 11 is 0. The summed E-state index contributed by atoms with van der Waals surface area (Å²) in [6.45, 7) is 4.02. The summed E-state index contributed by atoms with van der Waals surface area (Å²) in [6, 6.07) is 1.91. The van der Waals surface area contributed by atoms with Gasteiger partial charge in [-0.25, -0.2) is 9.97 Å². The first-order valence-electron chi connectivity index (χ1n) is 5.27. The van der Waals surface area contributed by atoms with Gasteiger partial charge in [0.25, 0.3) is 0 Å². The highest BCUT2D eigenvalue weighted by Crippen LogP contribution is 2.18. The van der Waals surface area contributed by atoms with Crippen LogP contribution in [0.3, 0.4) is 0 Å². The molecule has 0 unspecified atom stereocenters. The van der Waals surface area contributed by atoms with Gasteiger partial charge in [0.15, 0.2) is 0 Å². The Hall–Kier alpha value is -1.91. The normalized spacial score (nSPS) is 10.4. The van der Waals surface area contributed by atoms with Gasteiger partial charge >= 0.3 is 0 Å². The molecule has 16 heavy (non-hydrogen) atoms. The van der Waals surface area contributed by atoms with E-state index >= 15 is 0 Å². The Balaban J connectivity index is 2.26. The van der Waals surface area contributed by atoms with Crippen molar-refractivity contribution >= 4 is 11.5 Å². The van der Waals surface area contributed by atoms with Crippen LogP contribution in [-0.4, -0.2) is 19.7 Å². The minimum Gasteiger partial charge on any atom is -0.337 e. The molecule has 2 aromatic rings. The molecule has 0 fully saturated rings. The lowest BCUT2D eigenvalue weighted by Gasteiger charge is -2.04. The van der Waals surface area contributed by atoms with Crippen LogP contribution in [0, 0.1) is 6.92 Å². The molecule has 84 valence electrons. The van der Waals surface area contributed by atoms with E-state index in [1.165, 1.54) is 0 Å². The monoisotopic (exact) mass is 217 g/mol. The number of hydrogen-bond donors (Lipinski definition) is 1. The topological polar surface area (TPSA) is 55.6 Å². The summed E-state index contributed by atoms with van der Waals surface area (Å²) in [6.07, 6.45) is 4.41. The van der Waals surface area contributed by atoms with Crippen molar-refractivity contribution in [1.82, 2.24) is 19.7 Å². The Labute approximate surface area is 94.5 Å². The number of hydrogen-bond acceptors (Lipinski definition) is 4. The van der Waals surface area contributed by atoms with Crippen molar-refractivity contribution < 1.29 is 0 Å². The van der Waals surface area contributed by atoms with E-state index in [9.17, 15) is 0 Å². The van der Waals surface area contributed by atoms with E-state index in [1.807, 2.05) is 26.2 Å². The average molecular weight is 217 g/mol. The third kappa shape index (κ3) is 2.18. The lowest BCUT2D eigenvalue weighted by atomic mass is 10.3. The molecule has 0 radical (unpaired) electrons. The molecule has 0 saturated carbocycles. The molecule has 0 aliphatic heterocycles. The number of rotatable bonds is 3. The molecular weight excluding hydrogens is 202 g/mol. The van der Waals surface area contributed by atoms with Gasteiger partial charge in [0.05, 0.1) is 11.4 Å². The van der Waals surface area contributed by atoms with Crippen molar-refractivity contribution in [2.75, 3.05) is 5.32 Å². The van der Waals surface area contributed by atoms with Gasteiger partial charge in [-0.2, -0.15) is 5.10 Å². The van der Waals surface area contributed by atoms with Gasteiger partial charge in [0.2, 0.25) is 0 Å². The largest absolute Gasteiger partial charge is 0.337 e. The van der Waals surface area contributed by atoms with Gasteiger partial charge < -0.3 is 5.32 Å². The van der Waals surface area contributed by atoms with Crippen molar-refractivity contribution in [3.63, 3.8) is 0 Å². The fourth-order valence-electron chi connectivity index (χ4n) is 1.56. The van der Waals surface area contributed by atoms with Gasteiger partial charge in [-0.3, -0.25) is 4.68 Å². The van der Waals surface area contributed by atoms with Crippen LogP contribution < -0.4 is 5.32 Å². The van der Waals surface area contributed by atoms with Gasteiger partial charge in [0, 0.05) is 25.0 Å². The number of aromatic nitrogens is 4. The number of aryl methyl sites for hydroxylation is 3. The van der Waals surface area contributed by atoms with E-state index in [0.29, 0.717) is 0 Å². The van der Waals surface area contributed by atoms with Crippen molar-refractivity contribution in [2.45, 2.75) is 20.3 Å². The zero-order valence-electron chi connectivity index (χ0n) is 9.73. The molecule has 0 spiro atoms. The van der Waals surface area contributed by atoms with E-state index in [2.05, 4.69) is 27.3 Å². The predicted molar refractivity (Wildman–Crippen MR) is 62.6 cm³/mol. The van der Waals surface area contributed by atoms with Crippen molar-refractivity contribution in [3.8, 4) is 0 Å². The summed E-state index contributed by atoms with van der Waals surface area (Å²) in [5, 5.41) is 7.61. The highest BCUT2D eigenvalue weighted by atomic mass is 15.3. The lowest BCUT2D eigenvalue weighted by Crippen LogP contribution is -1.96. The van der Waals surface area contributed by atoms with Gasteiger partial charge in [-0.1, -0.05) is 6.92 Å². The highest BCUT2D eigenvalue weighted by molar-refractivity contribution is 5.57. The van der Waals surface area contributed by atoms with Crippen LogP contribution in [0.15, 0.2) is 18.6 Å². The van der Waals surface area contributed by atoms with Crippen LogP contribution in [0.1, 0.15) is 18.3 Å². The van der Waals surface area contributed by atoms with Crippen molar-refractivity contribution in [3.05, 3.63) is 30.0 Å². The smallest absolute Gasteiger partial charge is 0.134 e. The molecule has 2 aromatic heterocycles. The maximum Gasteiger partial charge on any atom is 0.134 e. The third-order valence-electron chi connectivity index (χ3n) is 2.31. The molecule has 5 heteroatoms. The molecule has 0 saturated heterocycles. The summed E-state index contributed by atoms with van der Waals surface area (Å²) in [5.41, 5.74) is 2.99. The number of anilines is 2. The molecule has 0 aromatic carbocycles. The standard InChI is InChI=1S/C11H15N5/c1-4-9-10(6-16(3)15-9)14-11-5-8(2)12-7-13-11/h5-7H,4H2,1-3H3,(H,12,13,14). The predicted octanol–water partition coefficient (Wildman–Crippen LogP) is 1.82. The van der Waals surface area contributed by atoms with Crippen LogP contribution in [0.5, 0.6) is 0 Å². The first kappa shape index (κ1) is 10.6. The quantitative estimate of drug-likeness (QED) is 0.852. The Kier molecular flexibility index (Phi) is 2.85. The number of nitrogens with one attached hydrogen (secondary N) is 1. The van der Waals surface area contributed by atoms with Crippen LogP contribution >= 0.6 is 0 Å². The summed E-state index contributed by atoms with van der Waals surface area (Å²) in [7, 11) is 1.91. The minimum atomic E-state index is 0.801. The molecule has 1 N–H and O–H groups in total. The van der Waals surface area contributed by atoms with Crippen LogP contribution in [0.2, 0.25) is 0 Å². The minimum absolute atomic E-state index is 0.801. The van der Waals surface area contributed by atoms with E-state index < -0.39 is 0 Å². The Morgan fingerprint density at radius 3 is 2.88 bits per heavy atom. The van der Waals surface area contributed by atoms with Crippen LogP contribution in [0.4, 0.5) is 11.5 Å². The lowest BCUT2D eigenvalue weighted by molar-refractivity contribution is 0.746. The summed E-state index contributed by atoms with van der Waals surface area (Å²) in [5.74, 6) is 0.801. The number of nitrogens with zero attached hydrogens (tertiary/aromatic N) is 4. The molecule has 2 heterocycles. The van der Waals surface area contributed by atoms with Crippen molar-refractivity contribution in [2.24, 2.45) is 7.05 Å².